The maximum absolute atomic E-state index is 12.6. The molecule has 1 saturated heterocycles. The average molecular weight is 413 g/mol. The van der Waals surface area contributed by atoms with Gasteiger partial charge in [0.1, 0.15) is 17.0 Å². The summed E-state index contributed by atoms with van der Waals surface area (Å²) < 4.78 is 11.7. The van der Waals surface area contributed by atoms with Crippen molar-refractivity contribution in [3.63, 3.8) is 0 Å². The third-order valence-corrected chi connectivity index (χ3v) is 5.57. The minimum Gasteiger partial charge on any atom is -0.497 e. The Kier molecular flexibility index (Phi) is 5.14. The first-order valence-corrected chi connectivity index (χ1v) is 10.4. The molecule has 6 nitrogen and oxygen atoms in total. The normalized spacial score (nSPS) is 15.8. The van der Waals surface area contributed by atoms with Gasteiger partial charge in [-0.15, -0.1) is 0 Å². The molecule has 1 atom stereocenters. The molecule has 156 valence electrons. The number of benzene rings is 2. The van der Waals surface area contributed by atoms with Gasteiger partial charge in [-0.25, -0.2) is 0 Å². The summed E-state index contributed by atoms with van der Waals surface area (Å²) in [5.41, 5.74) is 5.04. The number of fused-ring (bicyclic) bond motifs is 1. The molecule has 0 saturated carbocycles. The van der Waals surface area contributed by atoms with Gasteiger partial charge in [-0.2, -0.15) is 0 Å². The van der Waals surface area contributed by atoms with Crippen LogP contribution < -0.4 is 15.4 Å². The number of rotatable bonds is 5. The Hall–Kier alpha value is -3.64. The van der Waals surface area contributed by atoms with E-state index in [-0.39, 0.29) is 11.9 Å². The highest BCUT2D eigenvalue weighted by molar-refractivity contribution is 5.96. The van der Waals surface area contributed by atoms with Gasteiger partial charge < -0.3 is 19.8 Å². The Morgan fingerprint density at radius 2 is 2.00 bits per heavy atom. The lowest BCUT2D eigenvalue weighted by molar-refractivity contribution is -0.117. The van der Waals surface area contributed by atoms with Gasteiger partial charge in [-0.3, -0.25) is 9.78 Å². The van der Waals surface area contributed by atoms with Gasteiger partial charge in [0.25, 0.3) is 0 Å². The lowest BCUT2D eigenvalue weighted by Crippen LogP contribution is -2.35. The number of methoxy groups -OCH3 is 1. The summed E-state index contributed by atoms with van der Waals surface area (Å²) in [5.74, 6) is 1.28. The summed E-state index contributed by atoms with van der Waals surface area (Å²) >= 11 is 0. The zero-order chi connectivity index (χ0) is 21.2. The van der Waals surface area contributed by atoms with Crippen LogP contribution in [0, 0.1) is 0 Å². The van der Waals surface area contributed by atoms with Crippen LogP contribution in [0.3, 0.4) is 0 Å². The summed E-state index contributed by atoms with van der Waals surface area (Å²) in [6.07, 6.45) is 3.65. The number of carbonyl (C=O) groups excluding carboxylic acids is 1. The van der Waals surface area contributed by atoms with E-state index in [2.05, 4.69) is 15.6 Å². The molecule has 31 heavy (non-hydrogen) atoms. The van der Waals surface area contributed by atoms with Crippen molar-refractivity contribution < 1.29 is 13.9 Å². The number of amides is 1. The number of aromatic nitrogens is 1. The van der Waals surface area contributed by atoms with Gasteiger partial charge in [0.2, 0.25) is 5.91 Å². The lowest BCUT2D eigenvalue weighted by atomic mass is 10.1. The fraction of sp³-hybridized carbons (Fsp3) is 0.200. The second-order valence-electron chi connectivity index (χ2n) is 7.64. The Morgan fingerprint density at radius 1 is 1.13 bits per heavy atom. The summed E-state index contributed by atoms with van der Waals surface area (Å²) in [6.45, 7) is 0.872. The number of pyridine rings is 1. The number of nitrogens with one attached hydrogen (secondary N) is 2. The summed E-state index contributed by atoms with van der Waals surface area (Å²) in [7, 11) is 1.61. The highest BCUT2D eigenvalue weighted by Crippen LogP contribution is 2.36. The standard InChI is InChI=1S/C25H23N3O3/c1-30-19-13-17(12-18(14-19)28-25(29)21-8-5-10-26-21)23-15-22-24(31-23)20(9-11-27-22)16-6-3-2-4-7-16/h2-4,6-7,9,11-15,21,26H,5,8,10H2,1H3,(H,28,29)/t21-/m0/s1. The fourth-order valence-electron chi connectivity index (χ4n) is 3.99. The van der Waals surface area contributed by atoms with E-state index in [4.69, 9.17) is 9.15 Å². The number of ether oxygens (including phenoxy) is 1. The Balaban J connectivity index is 1.53. The van der Waals surface area contributed by atoms with Gasteiger partial charge in [0, 0.05) is 35.1 Å². The molecular weight excluding hydrogens is 390 g/mol. The van der Waals surface area contributed by atoms with Crippen LogP contribution >= 0.6 is 0 Å². The first-order chi connectivity index (χ1) is 15.2. The zero-order valence-corrected chi connectivity index (χ0v) is 17.2. The van der Waals surface area contributed by atoms with Crippen LogP contribution in [0.2, 0.25) is 0 Å². The van der Waals surface area contributed by atoms with Gasteiger partial charge in [0.15, 0.2) is 5.58 Å². The average Bonchev–Trinajstić information content (AvgIpc) is 3.49. The molecule has 1 aliphatic heterocycles. The molecule has 2 N–H and O–H groups in total. The molecule has 1 aliphatic rings. The number of anilines is 1. The Bertz CT molecular complexity index is 1230. The monoisotopic (exact) mass is 413 g/mol. The molecule has 5 rings (SSSR count). The van der Waals surface area contributed by atoms with E-state index >= 15 is 0 Å². The predicted molar refractivity (Wildman–Crippen MR) is 121 cm³/mol. The van der Waals surface area contributed by atoms with Gasteiger partial charge in [-0.05, 0) is 43.1 Å². The maximum atomic E-state index is 12.6. The number of carbonyl (C=O) groups is 1. The molecule has 1 fully saturated rings. The highest BCUT2D eigenvalue weighted by atomic mass is 16.5. The Labute approximate surface area is 180 Å². The number of furan rings is 1. The van der Waals surface area contributed by atoms with Crippen LogP contribution in [0.5, 0.6) is 5.75 Å². The first-order valence-electron chi connectivity index (χ1n) is 10.4. The maximum Gasteiger partial charge on any atom is 0.241 e. The highest BCUT2D eigenvalue weighted by Gasteiger charge is 2.22. The lowest BCUT2D eigenvalue weighted by Gasteiger charge is -2.13. The van der Waals surface area contributed by atoms with Gasteiger partial charge in [0.05, 0.1) is 13.2 Å². The third-order valence-electron chi connectivity index (χ3n) is 5.57. The topological polar surface area (TPSA) is 76.4 Å². The quantitative estimate of drug-likeness (QED) is 0.489. The van der Waals surface area contributed by atoms with Crippen LogP contribution in [-0.4, -0.2) is 30.6 Å². The van der Waals surface area contributed by atoms with Crippen molar-refractivity contribution in [1.82, 2.24) is 10.3 Å². The van der Waals surface area contributed by atoms with E-state index in [0.29, 0.717) is 17.2 Å². The summed E-state index contributed by atoms with van der Waals surface area (Å²) in [6, 6.07) is 19.4. The molecular formula is C25H23N3O3. The van der Waals surface area contributed by atoms with Crippen molar-refractivity contribution >= 4 is 22.7 Å². The molecule has 2 aromatic carbocycles. The minimum absolute atomic E-state index is 0.0330. The van der Waals surface area contributed by atoms with Crippen molar-refractivity contribution in [2.45, 2.75) is 18.9 Å². The first kappa shape index (κ1) is 19.3. The molecule has 3 heterocycles. The smallest absolute Gasteiger partial charge is 0.241 e. The molecule has 0 spiro atoms. The van der Waals surface area contributed by atoms with Crippen LogP contribution in [0.15, 0.2) is 71.3 Å². The second kappa shape index (κ2) is 8.24. The largest absolute Gasteiger partial charge is 0.497 e. The van der Waals surface area contributed by atoms with E-state index in [0.717, 1.165) is 47.2 Å². The van der Waals surface area contributed by atoms with Crippen molar-refractivity contribution in [2.24, 2.45) is 0 Å². The van der Waals surface area contributed by atoms with E-state index in [1.165, 1.54) is 0 Å². The number of hydrogen-bond acceptors (Lipinski definition) is 5. The van der Waals surface area contributed by atoms with Crippen molar-refractivity contribution in [1.29, 1.82) is 0 Å². The van der Waals surface area contributed by atoms with E-state index in [9.17, 15) is 4.79 Å². The molecule has 1 amide bonds. The van der Waals surface area contributed by atoms with Crippen LogP contribution in [0.1, 0.15) is 12.8 Å². The summed E-state index contributed by atoms with van der Waals surface area (Å²) in [5, 5.41) is 6.22. The molecule has 4 aromatic rings. The molecule has 6 heteroatoms. The Morgan fingerprint density at radius 3 is 2.77 bits per heavy atom. The summed E-state index contributed by atoms with van der Waals surface area (Å²) in [4.78, 5) is 17.0. The van der Waals surface area contributed by atoms with Crippen LogP contribution in [0.25, 0.3) is 33.6 Å². The van der Waals surface area contributed by atoms with Crippen molar-refractivity contribution in [3.05, 3.63) is 66.9 Å². The van der Waals surface area contributed by atoms with E-state index < -0.39 is 0 Å². The molecule has 0 radical (unpaired) electrons. The third kappa shape index (κ3) is 3.90. The van der Waals surface area contributed by atoms with Crippen LogP contribution in [0.4, 0.5) is 5.69 Å². The molecule has 0 aliphatic carbocycles. The van der Waals surface area contributed by atoms with Gasteiger partial charge >= 0.3 is 0 Å². The minimum atomic E-state index is -0.154. The van der Waals surface area contributed by atoms with E-state index in [1.807, 2.05) is 60.7 Å². The molecule has 0 bridgehead atoms. The predicted octanol–water partition coefficient (Wildman–Crippen LogP) is 4.86. The van der Waals surface area contributed by atoms with Crippen LogP contribution in [-0.2, 0) is 4.79 Å². The number of hydrogen-bond donors (Lipinski definition) is 2. The molecule has 2 aromatic heterocycles. The van der Waals surface area contributed by atoms with Crippen molar-refractivity contribution in [3.8, 4) is 28.2 Å². The van der Waals surface area contributed by atoms with Crippen molar-refractivity contribution in [2.75, 3.05) is 19.0 Å². The van der Waals surface area contributed by atoms with Gasteiger partial charge in [-0.1, -0.05) is 30.3 Å². The second-order valence-corrected chi connectivity index (χ2v) is 7.64. The SMILES string of the molecule is COc1cc(NC(=O)[C@@H]2CCCN2)cc(-c2cc3nccc(-c4ccccc4)c3o2)c1. The van der Waals surface area contributed by atoms with E-state index in [1.54, 1.807) is 13.3 Å². The number of nitrogens with zero attached hydrogens (tertiary/aromatic N) is 1. The fourth-order valence-corrected chi connectivity index (χ4v) is 3.99. The zero-order valence-electron chi connectivity index (χ0n) is 17.2. The molecule has 0 unspecified atom stereocenters.